The van der Waals surface area contributed by atoms with Crippen molar-refractivity contribution in [3.05, 3.63) is 0 Å². The van der Waals surface area contributed by atoms with Gasteiger partial charge in [-0.05, 0) is 0 Å². The summed E-state index contributed by atoms with van der Waals surface area (Å²) in [6, 6.07) is 3.02. The molecule has 0 aromatic rings. The fourth-order valence-electron chi connectivity index (χ4n) is 1.83. The zero-order chi connectivity index (χ0) is 11.2. The van der Waals surface area contributed by atoms with Crippen molar-refractivity contribution in [3.8, 4) is 0 Å². The molecule has 0 N–H and O–H groups in total. The van der Waals surface area contributed by atoms with Crippen LogP contribution in [0.3, 0.4) is 0 Å². The van der Waals surface area contributed by atoms with E-state index in [-0.39, 0.29) is 0 Å². The fourth-order valence-corrected chi connectivity index (χ4v) is 3.08. The number of unbranched alkanes of at least 4 members (excludes halogenated alkanes) is 8. The van der Waals surface area contributed by atoms with E-state index in [4.69, 9.17) is 0 Å². The van der Waals surface area contributed by atoms with E-state index in [1.165, 1.54) is 85.8 Å². The van der Waals surface area contributed by atoms with Crippen LogP contribution in [0.25, 0.3) is 0 Å². The van der Waals surface area contributed by atoms with Crippen molar-refractivity contribution in [3.63, 3.8) is 0 Å². The van der Waals surface area contributed by atoms with Gasteiger partial charge < -0.3 is 0 Å². The van der Waals surface area contributed by atoms with Crippen LogP contribution < -0.4 is 0 Å². The Bertz CT molecular complexity index is 89.5. The van der Waals surface area contributed by atoms with E-state index in [0.717, 1.165) is 0 Å². The lowest BCUT2D eigenvalue weighted by Crippen LogP contribution is -1.90. The Hall–Kier alpha value is 0.217. The maximum Gasteiger partial charge on any atom is 0.0378 e. The Balaban J connectivity index is 2.81. The molecule has 0 atom stereocenters. The van der Waals surface area contributed by atoms with Crippen LogP contribution in [0.5, 0.6) is 0 Å². The van der Waals surface area contributed by atoms with Gasteiger partial charge in [-0.3, -0.25) is 0 Å². The predicted octanol–water partition coefficient (Wildman–Crippen LogP) is 5.47. The highest BCUT2D eigenvalue weighted by atomic mass is 28.2. The Labute approximate surface area is 100 Å². The highest BCUT2D eigenvalue weighted by molar-refractivity contribution is 6.35. The van der Waals surface area contributed by atoms with Crippen LogP contribution in [0.4, 0.5) is 0 Å². The molecule has 0 saturated heterocycles. The summed E-state index contributed by atoms with van der Waals surface area (Å²) >= 11 is 0. The van der Waals surface area contributed by atoms with Crippen LogP contribution in [0.2, 0.25) is 12.1 Å². The van der Waals surface area contributed by atoms with Crippen LogP contribution in [0.15, 0.2) is 0 Å². The SMILES string of the molecule is CCCCCCC[Si]CCCCCCC. The molecular formula is C14H30Si. The minimum atomic E-state index is 1.26. The average Bonchev–Trinajstić information content (AvgIpc) is 2.26. The molecule has 0 unspecified atom stereocenters. The fraction of sp³-hybridized carbons (Fsp3) is 1.00. The summed E-state index contributed by atoms with van der Waals surface area (Å²) in [6.45, 7) is 4.58. The lowest BCUT2D eigenvalue weighted by molar-refractivity contribution is 0.647. The second-order valence-electron chi connectivity index (χ2n) is 4.58. The lowest BCUT2D eigenvalue weighted by Gasteiger charge is -2.01. The first-order chi connectivity index (χ1) is 7.41. The standard InChI is InChI=1S/C14H30Si/c1-3-5-7-9-11-13-15-14-12-10-8-6-4-2/h3-14H2,1-2H3. The highest BCUT2D eigenvalue weighted by Gasteiger charge is 1.93. The van der Waals surface area contributed by atoms with Gasteiger partial charge in [0.25, 0.3) is 0 Å². The molecule has 0 aliphatic rings. The first-order valence-electron chi connectivity index (χ1n) is 7.12. The lowest BCUT2D eigenvalue weighted by atomic mass is 10.2. The van der Waals surface area contributed by atoms with E-state index < -0.39 is 0 Å². The molecule has 90 valence electrons. The van der Waals surface area contributed by atoms with Crippen molar-refractivity contribution >= 4 is 9.52 Å². The molecule has 0 aromatic carbocycles. The second kappa shape index (κ2) is 14.2. The molecule has 15 heavy (non-hydrogen) atoms. The summed E-state index contributed by atoms with van der Waals surface area (Å²) in [6.07, 6.45) is 14.5. The molecule has 0 aliphatic carbocycles. The molecule has 0 fully saturated rings. The number of rotatable bonds is 12. The van der Waals surface area contributed by atoms with Gasteiger partial charge in [-0.1, -0.05) is 90.1 Å². The van der Waals surface area contributed by atoms with Crippen LogP contribution in [-0.2, 0) is 0 Å². The largest absolute Gasteiger partial charge is 0.0654 e. The third kappa shape index (κ3) is 14.2. The normalized spacial score (nSPS) is 10.8. The summed E-state index contributed by atoms with van der Waals surface area (Å²) < 4.78 is 0. The molecule has 0 bridgehead atoms. The van der Waals surface area contributed by atoms with Gasteiger partial charge in [0, 0.05) is 9.52 Å². The van der Waals surface area contributed by atoms with E-state index in [1.807, 2.05) is 0 Å². The third-order valence-corrected chi connectivity index (χ3v) is 4.33. The van der Waals surface area contributed by atoms with E-state index in [9.17, 15) is 0 Å². The van der Waals surface area contributed by atoms with Crippen molar-refractivity contribution in [1.29, 1.82) is 0 Å². The molecule has 0 saturated carbocycles. The summed E-state index contributed by atoms with van der Waals surface area (Å²) in [5, 5.41) is 0. The van der Waals surface area contributed by atoms with E-state index >= 15 is 0 Å². The summed E-state index contributed by atoms with van der Waals surface area (Å²) in [5.41, 5.74) is 0. The number of hydrogen-bond acceptors (Lipinski definition) is 0. The molecular weight excluding hydrogens is 196 g/mol. The van der Waals surface area contributed by atoms with E-state index in [0.29, 0.717) is 0 Å². The monoisotopic (exact) mass is 226 g/mol. The first-order valence-corrected chi connectivity index (χ1v) is 8.54. The second-order valence-corrected chi connectivity index (χ2v) is 6.08. The molecule has 2 radical (unpaired) electrons. The first kappa shape index (κ1) is 15.2. The maximum absolute atomic E-state index is 2.29. The van der Waals surface area contributed by atoms with Gasteiger partial charge in [0.1, 0.15) is 0 Å². The summed E-state index contributed by atoms with van der Waals surface area (Å²) in [5.74, 6) is 0. The molecule has 0 rings (SSSR count). The highest BCUT2D eigenvalue weighted by Crippen LogP contribution is 2.08. The quantitative estimate of drug-likeness (QED) is 0.306. The molecule has 0 amide bonds. The zero-order valence-corrected chi connectivity index (χ0v) is 12.0. The summed E-state index contributed by atoms with van der Waals surface area (Å²) in [7, 11) is 1.26. The summed E-state index contributed by atoms with van der Waals surface area (Å²) in [4.78, 5) is 0. The maximum atomic E-state index is 2.29. The molecule has 0 aromatic heterocycles. The average molecular weight is 226 g/mol. The van der Waals surface area contributed by atoms with Crippen LogP contribution >= 0.6 is 0 Å². The topological polar surface area (TPSA) is 0 Å². The Morgan fingerprint density at radius 1 is 0.533 bits per heavy atom. The van der Waals surface area contributed by atoms with Crippen molar-refractivity contribution < 1.29 is 0 Å². The van der Waals surface area contributed by atoms with Gasteiger partial charge in [0.2, 0.25) is 0 Å². The van der Waals surface area contributed by atoms with Crippen LogP contribution in [-0.4, -0.2) is 9.52 Å². The van der Waals surface area contributed by atoms with Gasteiger partial charge in [0.15, 0.2) is 0 Å². The Morgan fingerprint density at radius 2 is 0.933 bits per heavy atom. The van der Waals surface area contributed by atoms with Crippen molar-refractivity contribution in [2.75, 3.05) is 0 Å². The minimum absolute atomic E-state index is 1.26. The van der Waals surface area contributed by atoms with E-state index in [2.05, 4.69) is 13.8 Å². The molecule has 0 aliphatic heterocycles. The third-order valence-electron chi connectivity index (χ3n) is 2.91. The van der Waals surface area contributed by atoms with Crippen LogP contribution in [0, 0.1) is 0 Å². The molecule has 1 heteroatoms. The van der Waals surface area contributed by atoms with Crippen molar-refractivity contribution in [1.82, 2.24) is 0 Å². The van der Waals surface area contributed by atoms with E-state index in [1.54, 1.807) is 0 Å². The van der Waals surface area contributed by atoms with Gasteiger partial charge >= 0.3 is 0 Å². The molecule has 0 nitrogen and oxygen atoms in total. The number of hydrogen-bond donors (Lipinski definition) is 0. The molecule has 0 spiro atoms. The van der Waals surface area contributed by atoms with Gasteiger partial charge in [-0.15, -0.1) is 0 Å². The minimum Gasteiger partial charge on any atom is -0.0654 e. The van der Waals surface area contributed by atoms with Gasteiger partial charge in [-0.2, -0.15) is 0 Å². The Morgan fingerprint density at radius 3 is 1.33 bits per heavy atom. The van der Waals surface area contributed by atoms with Gasteiger partial charge in [0.05, 0.1) is 0 Å². The van der Waals surface area contributed by atoms with Crippen LogP contribution in [0.1, 0.15) is 78.1 Å². The zero-order valence-electron chi connectivity index (χ0n) is 11.0. The Kier molecular flexibility index (Phi) is 14.4. The molecule has 0 heterocycles. The smallest absolute Gasteiger partial charge is 0.0378 e. The predicted molar refractivity (Wildman–Crippen MR) is 72.9 cm³/mol. The van der Waals surface area contributed by atoms with Crippen molar-refractivity contribution in [2.24, 2.45) is 0 Å². The van der Waals surface area contributed by atoms with Crippen molar-refractivity contribution in [2.45, 2.75) is 90.1 Å². The van der Waals surface area contributed by atoms with Gasteiger partial charge in [-0.25, -0.2) is 0 Å².